The molecule has 12 heteroatoms. The van der Waals surface area contributed by atoms with E-state index in [0.717, 1.165) is 0 Å². The summed E-state index contributed by atoms with van der Waals surface area (Å²) in [5, 5.41) is 0. The fraction of sp³-hybridized carbons (Fsp3) is 0. The molecule has 0 spiro atoms. The summed E-state index contributed by atoms with van der Waals surface area (Å²) < 4.78 is 8.55. The first-order chi connectivity index (χ1) is 2.00. The Bertz CT molecular complexity index is 56.0. The van der Waals surface area contributed by atoms with Crippen LogP contribution in [0.15, 0.2) is 0 Å². The molecular weight excluding hydrogens is 215 g/mol. The van der Waals surface area contributed by atoms with Crippen LogP contribution in [0.25, 0.3) is 0 Å². The molecule has 12 heavy (non-hydrogen) atoms. The Kier molecular flexibility index (Phi) is 198. The monoisotopic (exact) mass is 227 g/mol. The number of rotatable bonds is 0. The van der Waals surface area contributed by atoms with Gasteiger partial charge in [0, 0.05) is 0 Å². The van der Waals surface area contributed by atoms with Crippen LogP contribution < -0.4 is 14.7 Å². The van der Waals surface area contributed by atoms with Crippen molar-refractivity contribution in [2.45, 2.75) is 0 Å². The van der Waals surface area contributed by atoms with Crippen LogP contribution in [-0.2, 0) is 4.57 Å². The molecule has 0 rings (SSSR count). The Morgan fingerprint density at radius 3 is 0.667 bits per heavy atom. The van der Waals surface area contributed by atoms with Crippen LogP contribution in [0.4, 0.5) is 0 Å². The summed E-state index contributed by atoms with van der Waals surface area (Å²) in [6.07, 6.45) is 0. The van der Waals surface area contributed by atoms with Gasteiger partial charge < -0.3 is 52.1 Å². The molecule has 0 heterocycles. The predicted molar refractivity (Wildman–Crippen MR) is 35.0 cm³/mol. The van der Waals surface area contributed by atoms with E-state index in [1.807, 2.05) is 0 Å². The normalized spacial score (nSPS) is 4.92. The van der Waals surface area contributed by atoms with E-state index in [-0.39, 0.29) is 55.9 Å². The Morgan fingerprint density at radius 2 is 0.667 bits per heavy atom. The Balaban J connectivity index is -0.00000000381. The maximum Gasteiger partial charge on any atom is 2.00 e. The molecule has 0 unspecified atom stereocenters. The third-order valence-electron chi connectivity index (χ3n) is 0. The molecule has 0 aliphatic rings. The summed E-state index contributed by atoms with van der Waals surface area (Å²) >= 11 is 0. The smallest absolute Gasteiger partial charge is 0.822 e. The van der Waals surface area contributed by atoms with E-state index in [9.17, 15) is 0 Å². The van der Waals surface area contributed by atoms with Gasteiger partial charge >= 0.3 is 23.1 Å². The number of hydrogen-bond donors (Lipinski definition) is 0. The third kappa shape index (κ3) is 2440. The minimum Gasteiger partial charge on any atom is -0.822 e. The van der Waals surface area contributed by atoms with Gasteiger partial charge in [-0.15, -0.1) is 0 Å². The van der Waals surface area contributed by atoms with Gasteiger partial charge in [0.25, 0.3) is 0 Å². The van der Waals surface area contributed by atoms with Crippen molar-refractivity contribution in [3.63, 3.8) is 0 Å². The van der Waals surface area contributed by atoms with Crippen molar-refractivity contribution in [1.29, 1.82) is 0 Å². The zero-order valence-electron chi connectivity index (χ0n) is 5.79. The average Bonchev–Trinajstić information content (AvgIpc) is 0.722. The zero-order valence-corrected chi connectivity index (χ0v) is 8.10. The summed E-state index contributed by atoms with van der Waals surface area (Å²) in [5.41, 5.74) is 0. The van der Waals surface area contributed by atoms with E-state index in [2.05, 4.69) is 0 Å². The van der Waals surface area contributed by atoms with Gasteiger partial charge in [0.1, 0.15) is 0 Å². The van der Waals surface area contributed by atoms with Crippen LogP contribution in [0.1, 0.15) is 0 Å². The van der Waals surface area contributed by atoms with Crippen LogP contribution in [0.2, 0.25) is 0 Å². The Labute approximate surface area is 83.5 Å². The minimum atomic E-state index is -5.39. The van der Waals surface area contributed by atoms with Crippen molar-refractivity contribution in [3.05, 3.63) is 0 Å². The second-order valence-electron chi connectivity index (χ2n) is 0.447. The maximum atomic E-state index is 8.55. The first kappa shape index (κ1) is 79.6. The second kappa shape index (κ2) is 29.9. The summed E-state index contributed by atoms with van der Waals surface area (Å²) in [5.74, 6) is 0. The van der Waals surface area contributed by atoms with Crippen molar-refractivity contribution in [3.8, 4) is 0 Å². The summed E-state index contributed by atoms with van der Waals surface area (Å²) in [6, 6.07) is 0. The van der Waals surface area contributed by atoms with E-state index in [1.54, 1.807) is 0 Å². The van der Waals surface area contributed by atoms with Gasteiger partial charge in [-0.3, -0.25) is 0 Å². The van der Waals surface area contributed by atoms with E-state index < -0.39 is 7.82 Å². The topological polar surface area (TPSA) is 275 Å². The molecule has 0 fully saturated rings. The van der Waals surface area contributed by atoms with E-state index >= 15 is 0 Å². The first-order valence-corrected chi connectivity index (χ1v) is 2.19. The summed E-state index contributed by atoms with van der Waals surface area (Å²) in [6.45, 7) is 0. The van der Waals surface area contributed by atoms with Crippen molar-refractivity contribution in [2.24, 2.45) is 0 Å². The third-order valence-corrected chi connectivity index (χ3v) is 0. The molecular formula is H12MgO10P-. The van der Waals surface area contributed by atoms with E-state index in [1.165, 1.54) is 0 Å². The Hall–Kier alpha value is 0.636. The van der Waals surface area contributed by atoms with Gasteiger partial charge in [0.05, 0.1) is 0 Å². The molecule has 0 aromatic carbocycles. The molecule has 0 saturated carbocycles. The number of phosphoric acid groups is 1. The van der Waals surface area contributed by atoms with Gasteiger partial charge in [0.15, 0.2) is 0 Å². The molecule has 0 atom stereocenters. The van der Waals surface area contributed by atoms with Crippen LogP contribution in [0.5, 0.6) is 0 Å². The van der Waals surface area contributed by atoms with Gasteiger partial charge in [-0.25, -0.2) is 0 Å². The van der Waals surface area contributed by atoms with Crippen LogP contribution in [0.3, 0.4) is 0 Å². The molecule has 12 N–H and O–H groups in total. The zero-order chi connectivity index (χ0) is 4.50. The van der Waals surface area contributed by atoms with E-state index in [0.29, 0.717) is 0 Å². The van der Waals surface area contributed by atoms with Crippen molar-refractivity contribution < 1.29 is 52.1 Å². The predicted octanol–water partition coefficient (Wildman–Crippen LogP) is -8.15. The van der Waals surface area contributed by atoms with Crippen molar-refractivity contribution >= 4 is 30.9 Å². The SMILES string of the molecule is O.O.O.O.O.O.O=P([O-])([O-])[O-].[Mg+2]. The van der Waals surface area contributed by atoms with Gasteiger partial charge in [-0.1, -0.05) is 0 Å². The number of hydrogen-bond acceptors (Lipinski definition) is 4. The molecule has 0 radical (unpaired) electrons. The van der Waals surface area contributed by atoms with Crippen LogP contribution in [0, 0.1) is 0 Å². The molecule has 80 valence electrons. The standard InChI is InChI=1S/Mg.H3O4P.6H2O/c;1-5(2,3)4;;;;;;/h;(H3,1,2,3,4);6*1H2/q+2;;;;;;;/p-3. The molecule has 0 aliphatic heterocycles. The first-order valence-electron chi connectivity index (χ1n) is 0.730. The molecule has 0 aromatic heterocycles. The van der Waals surface area contributed by atoms with Crippen molar-refractivity contribution in [1.82, 2.24) is 0 Å². The molecule has 0 saturated heterocycles. The van der Waals surface area contributed by atoms with Crippen molar-refractivity contribution in [2.75, 3.05) is 0 Å². The molecule has 0 bridgehead atoms. The molecule has 0 aliphatic carbocycles. The average molecular weight is 227 g/mol. The van der Waals surface area contributed by atoms with E-state index in [4.69, 9.17) is 19.2 Å². The fourth-order valence-electron chi connectivity index (χ4n) is 0. The Morgan fingerprint density at radius 1 is 0.667 bits per heavy atom. The molecule has 0 aromatic rings. The maximum absolute atomic E-state index is 8.55. The molecule has 10 nitrogen and oxygen atoms in total. The van der Waals surface area contributed by atoms with Gasteiger partial charge in [-0.05, 0) is 0 Å². The quantitative estimate of drug-likeness (QED) is 0.287. The van der Waals surface area contributed by atoms with Gasteiger partial charge in [0.2, 0.25) is 0 Å². The minimum absolute atomic E-state index is 0. The fourth-order valence-corrected chi connectivity index (χ4v) is 0. The van der Waals surface area contributed by atoms with Crippen LogP contribution in [-0.4, -0.2) is 55.9 Å². The summed E-state index contributed by atoms with van der Waals surface area (Å²) in [4.78, 5) is 25.6. The largest absolute Gasteiger partial charge is 2.00 e. The molecule has 0 amide bonds. The summed E-state index contributed by atoms with van der Waals surface area (Å²) in [7, 11) is -5.39. The van der Waals surface area contributed by atoms with Crippen LogP contribution >= 0.6 is 7.82 Å². The second-order valence-corrected chi connectivity index (χ2v) is 1.34. The van der Waals surface area contributed by atoms with Gasteiger partial charge in [-0.2, -0.15) is 7.82 Å².